The summed E-state index contributed by atoms with van der Waals surface area (Å²) in [4.78, 5) is 2.35. The van der Waals surface area contributed by atoms with Gasteiger partial charge in [0.15, 0.2) is 0 Å². The second kappa shape index (κ2) is 6.88. The van der Waals surface area contributed by atoms with Gasteiger partial charge < -0.3 is 10.6 Å². The molecule has 2 rings (SSSR count). The number of aryl methyl sites for hydroxylation is 1. The van der Waals surface area contributed by atoms with E-state index in [1.54, 1.807) is 0 Å². The molecule has 112 valence electrons. The fourth-order valence-electron chi connectivity index (χ4n) is 2.77. The van der Waals surface area contributed by atoms with Crippen LogP contribution in [0.3, 0.4) is 0 Å². The van der Waals surface area contributed by atoms with E-state index in [1.165, 1.54) is 16.7 Å². The van der Waals surface area contributed by atoms with E-state index in [2.05, 4.69) is 80.4 Å². The van der Waals surface area contributed by atoms with Crippen molar-refractivity contribution in [3.05, 3.63) is 71.3 Å². The highest BCUT2D eigenvalue weighted by atomic mass is 15.1. The molecule has 0 aliphatic carbocycles. The van der Waals surface area contributed by atoms with Crippen LogP contribution in [-0.2, 0) is 12.0 Å². The first-order valence-electron chi connectivity index (χ1n) is 7.53. The van der Waals surface area contributed by atoms with Gasteiger partial charge in [-0.1, -0.05) is 67.1 Å². The van der Waals surface area contributed by atoms with Gasteiger partial charge in [-0.15, -0.1) is 0 Å². The van der Waals surface area contributed by atoms with Gasteiger partial charge >= 0.3 is 0 Å². The molecule has 2 nitrogen and oxygen atoms in total. The third-order valence-corrected chi connectivity index (χ3v) is 4.11. The van der Waals surface area contributed by atoms with E-state index in [-0.39, 0.29) is 5.41 Å². The zero-order chi connectivity index (χ0) is 15.3. The Kier molecular flexibility index (Phi) is 5.16. The Morgan fingerprint density at radius 2 is 1.62 bits per heavy atom. The van der Waals surface area contributed by atoms with Gasteiger partial charge in [-0.2, -0.15) is 0 Å². The molecule has 0 saturated heterocycles. The summed E-state index contributed by atoms with van der Waals surface area (Å²) < 4.78 is 0. The zero-order valence-electron chi connectivity index (χ0n) is 13.3. The fraction of sp³-hybridized carbons (Fsp3) is 0.368. The van der Waals surface area contributed by atoms with Crippen molar-refractivity contribution in [1.82, 2.24) is 4.90 Å². The topological polar surface area (TPSA) is 29.3 Å². The van der Waals surface area contributed by atoms with Crippen LogP contribution in [0.4, 0.5) is 0 Å². The van der Waals surface area contributed by atoms with Gasteiger partial charge in [-0.3, -0.25) is 0 Å². The molecular weight excluding hydrogens is 256 g/mol. The lowest BCUT2D eigenvalue weighted by Gasteiger charge is -2.33. The first-order chi connectivity index (χ1) is 10.0. The molecule has 0 aliphatic rings. The first kappa shape index (κ1) is 15.7. The van der Waals surface area contributed by atoms with E-state index >= 15 is 0 Å². The predicted molar refractivity (Wildman–Crippen MR) is 90.4 cm³/mol. The highest BCUT2D eigenvalue weighted by Gasteiger charge is 2.26. The van der Waals surface area contributed by atoms with Crippen LogP contribution in [0.2, 0.25) is 0 Å². The number of nitrogens with two attached hydrogens (primary N) is 1. The summed E-state index contributed by atoms with van der Waals surface area (Å²) in [5.41, 5.74) is 10.0. The highest BCUT2D eigenvalue weighted by Crippen LogP contribution is 2.24. The maximum absolute atomic E-state index is 6.07. The highest BCUT2D eigenvalue weighted by molar-refractivity contribution is 5.26. The van der Waals surface area contributed by atoms with E-state index in [1.807, 2.05) is 0 Å². The zero-order valence-corrected chi connectivity index (χ0v) is 13.3. The third kappa shape index (κ3) is 4.16. The van der Waals surface area contributed by atoms with E-state index in [0.717, 1.165) is 13.1 Å². The van der Waals surface area contributed by atoms with Crippen molar-refractivity contribution in [2.75, 3.05) is 20.1 Å². The number of benzene rings is 2. The predicted octanol–water partition coefficient (Wildman–Crippen LogP) is 3.34. The second-order valence-corrected chi connectivity index (χ2v) is 6.29. The summed E-state index contributed by atoms with van der Waals surface area (Å²) in [6.45, 7) is 6.90. The van der Waals surface area contributed by atoms with Crippen molar-refractivity contribution in [3.63, 3.8) is 0 Å². The molecular formula is C19H26N2. The minimum atomic E-state index is -0.0132. The van der Waals surface area contributed by atoms with E-state index < -0.39 is 0 Å². The number of hydrogen-bond acceptors (Lipinski definition) is 2. The Morgan fingerprint density at radius 1 is 1.00 bits per heavy atom. The lowest BCUT2D eigenvalue weighted by Crippen LogP contribution is -2.42. The van der Waals surface area contributed by atoms with Gasteiger partial charge in [0, 0.05) is 25.0 Å². The summed E-state index contributed by atoms with van der Waals surface area (Å²) in [7, 11) is 2.16. The Bertz CT molecular complexity index is 548. The van der Waals surface area contributed by atoms with Crippen LogP contribution in [0.25, 0.3) is 0 Å². The molecule has 2 aromatic rings. The van der Waals surface area contributed by atoms with Crippen molar-refractivity contribution in [2.45, 2.75) is 25.8 Å². The van der Waals surface area contributed by atoms with Gasteiger partial charge in [0.1, 0.15) is 0 Å². The molecule has 1 atom stereocenters. The minimum Gasteiger partial charge on any atom is -0.330 e. The van der Waals surface area contributed by atoms with Gasteiger partial charge in [0.05, 0.1) is 0 Å². The van der Waals surface area contributed by atoms with Crippen LogP contribution in [0, 0.1) is 6.92 Å². The monoisotopic (exact) mass is 282 g/mol. The quantitative estimate of drug-likeness (QED) is 0.880. The average Bonchev–Trinajstić information content (AvgIpc) is 2.50. The Morgan fingerprint density at radius 3 is 2.19 bits per heavy atom. The number of hydrogen-bond donors (Lipinski definition) is 1. The molecule has 0 spiro atoms. The molecule has 1 unspecified atom stereocenters. The largest absolute Gasteiger partial charge is 0.330 e. The average molecular weight is 282 g/mol. The molecule has 0 saturated carbocycles. The van der Waals surface area contributed by atoms with Crippen molar-refractivity contribution >= 4 is 0 Å². The number of rotatable bonds is 6. The van der Waals surface area contributed by atoms with Crippen molar-refractivity contribution in [1.29, 1.82) is 0 Å². The van der Waals surface area contributed by atoms with Crippen molar-refractivity contribution in [2.24, 2.45) is 5.73 Å². The molecule has 2 aromatic carbocycles. The SMILES string of the molecule is Cc1ccc(CN(C)CC(C)(CN)c2ccccc2)cc1. The summed E-state index contributed by atoms with van der Waals surface area (Å²) in [5, 5.41) is 0. The van der Waals surface area contributed by atoms with Crippen LogP contribution in [-0.4, -0.2) is 25.0 Å². The second-order valence-electron chi connectivity index (χ2n) is 6.29. The van der Waals surface area contributed by atoms with Gasteiger partial charge in [0.25, 0.3) is 0 Å². The lowest BCUT2D eigenvalue weighted by atomic mass is 9.82. The van der Waals surface area contributed by atoms with Crippen LogP contribution < -0.4 is 5.73 Å². The summed E-state index contributed by atoms with van der Waals surface area (Å²) >= 11 is 0. The van der Waals surface area contributed by atoms with Crippen molar-refractivity contribution < 1.29 is 0 Å². The summed E-state index contributed by atoms with van der Waals surface area (Å²) in [6, 6.07) is 19.3. The maximum atomic E-state index is 6.07. The van der Waals surface area contributed by atoms with E-state index in [0.29, 0.717) is 6.54 Å². The van der Waals surface area contributed by atoms with E-state index in [4.69, 9.17) is 5.73 Å². The third-order valence-electron chi connectivity index (χ3n) is 4.11. The molecule has 0 heterocycles. The van der Waals surface area contributed by atoms with Crippen molar-refractivity contribution in [3.8, 4) is 0 Å². The van der Waals surface area contributed by atoms with Gasteiger partial charge in [-0.25, -0.2) is 0 Å². The van der Waals surface area contributed by atoms with Crippen LogP contribution in [0.5, 0.6) is 0 Å². The molecule has 0 fully saturated rings. The first-order valence-corrected chi connectivity index (χ1v) is 7.53. The Hall–Kier alpha value is -1.64. The Labute approximate surface area is 128 Å². The normalized spacial score (nSPS) is 14.1. The lowest BCUT2D eigenvalue weighted by molar-refractivity contribution is 0.252. The molecule has 2 heteroatoms. The van der Waals surface area contributed by atoms with Gasteiger partial charge in [-0.05, 0) is 25.1 Å². The minimum absolute atomic E-state index is 0.0132. The summed E-state index contributed by atoms with van der Waals surface area (Å²) in [6.07, 6.45) is 0. The van der Waals surface area contributed by atoms with Crippen LogP contribution >= 0.6 is 0 Å². The Balaban J connectivity index is 2.06. The molecule has 0 aromatic heterocycles. The standard InChI is InChI=1S/C19H26N2/c1-16-9-11-17(12-10-16)13-21(3)15-19(2,14-20)18-7-5-4-6-8-18/h4-12H,13-15,20H2,1-3H3. The molecule has 0 bridgehead atoms. The smallest absolute Gasteiger partial charge is 0.0231 e. The maximum Gasteiger partial charge on any atom is 0.0231 e. The van der Waals surface area contributed by atoms with Crippen LogP contribution in [0.1, 0.15) is 23.6 Å². The van der Waals surface area contributed by atoms with Crippen LogP contribution in [0.15, 0.2) is 54.6 Å². The molecule has 2 N–H and O–H groups in total. The molecule has 0 aliphatic heterocycles. The fourth-order valence-corrected chi connectivity index (χ4v) is 2.77. The number of nitrogens with zero attached hydrogens (tertiary/aromatic N) is 1. The van der Waals surface area contributed by atoms with E-state index in [9.17, 15) is 0 Å². The molecule has 0 radical (unpaired) electrons. The molecule has 21 heavy (non-hydrogen) atoms. The van der Waals surface area contributed by atoms with Gasteiger partial charge in [0.2, 0.25) is 0 Å². The molecule has 0 amide bonds. The number of likely N-dealkylation sites (N-methyl/N-ethyl adjacent to an activating group) is 1. The summed E-state index contributed by atoms with van der Waals surface area (Å²) in [5.74, 6) is 0.